The minimum atomic E-state index is -4.38. The number of aliphatic hydroxyl groups is 1. The molecule has 46 heavy (non-hydrogen) atoms. The van der Waals surface area contributed by atoms with Gasteiger partial charge < -0.3 is 30.2 Å². The second-order valence-corrected chi connectivity index (χ2v) is 13.3. The van der Waals surface area contributed by atoms with Crippen molar-refractivity contribution in [1.29, 1.82) is 0 Å². The van der Waals surface area contributed by atoms with Gasteiger partial charge in [0, 0.05) is 11.3 Å². The third kappa shape index (κ3) is 6.75. The molecule has 0 aliphatic carbocycles. The highest BCUT2D eigenvalue weighted by Crippen LogP contribution is 2.42. The van der Waals surface area contributed by atoms with Crippen LogP contribution < -0.4 is 15.5 Å². The lowest BCUT2D eigenvalue weighted by molar-refractivity contribution is 0.159. The van der Waals surface area contributed by atoms with Gasteiger partial charge in [-0.1, -0.05) is 78.9 Å². The van der Waals surface area contributed by atoms with Crippen molar-refractivity contribution in [2.24, 2.45) is 0 Å². The van der Waals surface area contributed by atoms with E-state index in [2.05, 4.69) is 5.32 Å². The number of nitrogens with one attached hydrogen (secondary N) is 1. The van der Waals surface area contributed by atoms with Gasteiger partial charge in [-0.2, -0.15) is 0 Å². The summed E-state index contributed by atoms with van der Waals surface area (Å²) in [5, 5.41) is 26.1. The molecule has 1 aliphatic rings. The van der Waals surface area contributed by atoms with E-state index < -0.39 is 19.7 Å². The molecule has 0 unspecified atom stereocenters. The van der Waals surface area contributed by atoms with Gasteiger partial charge in [-0.05, 0) is 95.3 Å². The van der Waals surface area contributed by atoms with Gasteiger partial charge in [-0.15, -0.1) is 0 Å². The lowest BCUT2D eigenvalue weighted by atomic mass is 9.91. The smallest absolute Gasteiger partial charge is 0.356 e. The standard InChI is InChI=1S/C36H32FN2O5PS/c37-28-13-6-26(7-14-28)33(40)21-20-32-35(31-19-12-27(22-34(31)41)25-10-17-30(18-11-25)45(42,43)44)39(36(46)38-32)29-15-8-24(9-16-29)23-4-2-1-3-5-23/h1-19,22,32-33,35,40-41H,20-21H2,(H,38,46)(H2,42,43,44)/t32-,33-,35+/m0/s1. The zero-order chi connectivity index (χ0) is 32.4. The molecule has 1 saturated heterocycles. The van der Waals surface area contributed by atoms with E-state index in [1.54, 1.807) is 30.3 Å². The molecular formula is C36H32FN2O5PS. The highest BCUT2D eigenvalue weighted by Gasteiger charge is 2.40. The second-order valence-electron chi connectivity index (χ2n) is 11.3. The summed E-state index contributed by atoms with van der Waals surface area (Å²) in [5.74, 6) is -0.340. The summed E-state index contributed by atoms with van der Waals surface area (Å²) in [6, 6.07) is 34.4. The fraction of sp³-hybridized carbons (Fsp3) is 0.139. The molecule has 6 rings (SSSR count). The number of anilines is 1. The Morgan fingerprint density at radius 2 is 1.39 bits per heavy atom. The molecule has 10 heteroatoms. The normalized spacial score (nSPS) is 17.1. The number of phenols is 1. The maximum atomic E-state index is 13.5. The van der Waals surface area contributed by atoms with Crippen molar-refractivity contribution in [3.05, 3.63) is 138 Å². The second kappa shape index (κ2) is 13.2. The van der Waals surface area contributed by atoms with Crippen LogP contribution in [-0.4, -0.2) is 31.2 Å². The van der Waals surface area contributed by atoms with Crippen LogP contribution in [-0.2, 0) is 4.57 Å². The summed E-state index contributed by atoms with van der Waals surface area (Å²) in [4.78, 5) is 20.9. The van der Waals surface area contributed by atoms with Crippen LogP contribution in [0.3, 0.4) is 0 Å². The zero-order valence-electron chi connectivity index (χ0n) is 24.6. The Kier molecular flexibility index (Phi) is 9.04. The first-order valence-corrected chi connectivity index (χ1v) is 16.8. The lowest BCUT2D eigenvalue weighted by Crippen LogP contribution is -2.29. The van der Waals surface area contributed by atoms with Gasteiger partial charge in [-0.3, -0.25) is 4.57 Å². The van der Waals surface area contributed by atoms with Crippen LogP contribution in [0.15, 0.2) is 121 Å². The Hall–Kier alpha value is -4.37. The highest BCUT2D eigenvalue weighted by molar-refractivity contribution is 7.80. The molecule has 0 radical (unpaired) electrons. The van der Waals surface area contributed by atoms with Gasteiger partial charge in [-0.25, -0.2) is 4.39 Å². The van der Waals surface area contributed by atoms with Crippen molar-refractivity contribution in [2.75, 3.05) is 4.90 Å². The number of thiocarbonyl (C=S) groups is 1. The van der Waals surface area contributed by atoms with Crippen LogP contribution in [0.4, 0.5) is 10.1 Å². The molecule has 7 nitrogen and oxygen atoms in total. The van der Waals surface area contributed by atoms with Crippen molar-refractivity contribution >= 4 is 35.9 Å². The summed E-state index contributed by atoms with van der Waals surface area (Å²) in [7, 11) is -4.38. The van der Waals surface area contributed by atoms with Crippen LogP contribution in [0, 0.1) is 5.82 Å². The van der Waals surface area contributed by atoms with E-state index in [9.17, 15) is 29.0 Å². The number of phenolic OH excluding ortho intramolecular Hbond substituents is 1. The van der Waals surface area contributed by atoms with Gasteiger partial charge in [0.2, 0.25) is 0 Å². The lowest BCUT2D eigenvalue weighted by Gasteiger charge is -2.29. The third-order valence-electron chi connectivity index (χ3n) is 8.33. The molecule has 0 amide bonds. The number of hydrogen-bond donors (Lipinski definition) is 5. The molecule has 5 aromatic carbocycles. The van der Waals surface area contributed by atoms with E-state index in [0.717, 1.165) is 16.8 Å². The minimum absolute atomic E-state index is 0.0306. The predicted octanol–water partition coefficient (Wildman–Crippen LogP) is 6.99. The van der Waals surface area contributed by atoms with Crippen LogP contribution in [0.1, 0.15) is 36.1 Å². The molecule has 5 N–H and O–H groups in total. The highest BCUT2D eigenvalue weighted by atomic mass is 32.1. The first-order chi connectivity index (χ1) is 22.1. The number of rotatable bonds is 9. The molecule has 0 saturated carbocycles. The van der Waals surface area contributed by atoms with Crippen molar-refractivity contribution in [2.45, 2.75) is 31.0 Å². The van der Waals surface area contributed by atoms with E-state index in [4.69, 9.17) is 12.2 Å². The van der Waals surface area contributed by atoms with Crippen molar-refractivity contribution < 1.29 is 29.0 Å². The zero-order valence-corrected chi connectivity index (χ0v) is 26.3. The molecule has 5 aromatic rings. The number of aromatic hydroxyl groups is 1. The van der Waals surface area contributed by atoms with E-state index >= 15 is 0 Å². The quantitative estimate of drug-likeness (QED) is 0.0855. The van der Waals surface area contributed by atoms with Crippen molar-refractivity contribution in [1.82, 2.24) is 5.32 Å². The molecule has 0 spiro atoms. The molecule has 1 heterocycles. The van der Waals surface area contributed by atoms with Crippen LogP contribution in [0.5, 0.6) is 5.75 Å². The molecule has 1 fully saturated rings. The van der Waals surface area contributed by atoms with Crippen molar-refractivity contribution in [3.8, 4) is 28.0 Å². The maximum Gasteiger partial charge on any atom is 0.356 e. The van der Waals surface area contributed by atoms with Crippen LogP contribution >= 0.6 is 19.8 Å². The van der Waals surface area contributed by atoms with Crippen LogP contribution in [0.2, 0.25) is 0 Å². The van der Waals surface area contributed by atoms with E-state index in [1.165, 1.54) is 24.3 Å². The average Bonchev–Trinajstić information content (AvgIpc) is 3.39. The van der Waals surface area contributed by atoms with Gasteiger partial charge >= 0.3 is 7.60 Å². The summed E-state index contributed by atoms with van der Waals surface area (Å²) in [6.07, 6.45) is 0.0453. The summed E-state index contributed by atoms with van der Waals surface area (Å²) >= 11 is 5.84. The Bertz CT molecular complexity index is 1880. The van der Waals surface area contributed by atoms with Gasteiger partial charge in [0.05, 0.1) is 23.5 Å². The van der Waals surface area contributed by atoms with E-state index in [0.29, 0.717) is 40.2 Å². The Balaban J connectivity index is 1.32. The number of aliphatic hydroxyl groups excluding tert-OH is 1. The first-order valence-electron chi connectivity index (χ1n) is 14.8. The molecule has 1 aliphatic heterocycles. The molecule has 0 bridgehead atoms. The number of hydrogen-bond acceptors (Lipinski definition) is 4. The summed E-state index contributed by atoms with van der Waals surface area (Å²) in [6.45, 7) is 0. The average molecular weight is 655 g/mol. The monoisotopic (exact) mass is 654 g/mol. The predicted molar refractivity (Wildman–Crippen MR) is 182 cm³/mol. The third-order valence-corrected chi connectivity index (χ3v) is 9.62. The summed E-state index contributed by atoms with van der Waals surface area (Å²) < 4.78 is 25.1. The number of nitrogens with zero attached hydrogens (tertiary/aromatic N) is 1. The topological polar surface area (TPSA) is 113 Å². The van der Waals surface area contributed by atoms with Crippen molar-refractivity contribution in [3.63, 3.8) is 0 Å². The van der Waals surface area contributed by atoms with Crippen LogP contribution in [0.25, 0.3) is 22.3 Å². The van der Waals surface area contributed by atoms with Gasteiger partial charge in [0.25, 0.3) is 0 Å². The molecular weight excluding hydrogens is 622 g/mol. The number of halogens is 1. The summed E-state index contributed by atoms with van der Waals surface area (Å²) in [5.41, 5.74) is 5.57. The minimum Gasteiger partial charge on any atom is -0.508 e. The molecule has 3 atom stereocenters. The Morgan fingerprint density at radius 1 is 0.804 bits per heavy atom. The number of benzene rings is 5. The maximum absolute atomic E-state index is 13.5. The van der Waals surface area contributed by atoms with E-state index in [-0.39, 0.29) is 22.9 Å². The molecule has 234 valence electrons. The van der Waals surface area contributed by atoms with Gasteiger partial charge in [0.15, 0.2) is 5.11 Å². The van der Waals surface area contributed by atoms with E-state index in [1.807, 2.05) is 71.6 Å². The Morgan fingerprint density at radius 3 is 2.02 bits per heavy atom. The first kappa shape index (κ1) is 31.6. The fourth-order valence-corrected chi connectivity index (χ4v) is 6.84. The molecule has 0 aromatic heterocycles. The largest absolute Gasteiger partial charge is 0.508 e. The Labute approximate surface area is 271 Å². The van der Waals surface area contributed by atoms with Gasteiger partial charge in [0.1, 0.15) is 11.6 Å². The fourth-order valence-electron chi connectivity index (χ4n) is 5.93. The SMILES string of the molecule is O=P(O)(O)c1ccc(-c2ccc([C@@H]3[C@H](CC[C@H](O)c4ccc(F)cc4)NC(=S)N3c3ccc(-c4ccccc4)cc3)c(O)c2)cc1.